The van der Waals surface area contributed by atoms with E-state index in [1.54, 1.807) is 0 Å². The summed E-state index contributed by atoms with van der Waals surface area (Å²) in [6, 6.07) is 0. The van der Waals surface area contributed by atoms with E-state index in [1.165, 1.54) is 0 Å². The van der Waals surface area contributed by atoms with Crippen molar-refractivity contribution in [3.63, 3.8) is 0 Å². The van der Waals surface area contributed by atoms with Crippen molar-refractivity contribution < 1.29 is 9.53 Å². The normalized spacial score (nSPS) is 36.5. The number of alkyl halides is 1. The Morgan fingerprint density at radius 3 is 2.27 bits per heavy atom. The molecule has 0 saturated carbocycles. The van der Waals surface area contributed by atoms with Crippen LogP contribution < -0.4 is 0 Å². The number of hydrogen-bond donors (Lipinski definition) is 0. The lowest BCUT2D eigenvalue weighted by Crippen LogP contribution is -2.44. The van der Waals surface area contributed by atoms with Crippen molar-refractivity contribution in [2.75, 3.05) is 0 Å². The summed E-state index contributed by atoms with van der Waals surface area (Å²) in [7, 11) is 0. The first-order valence-corrected chi connectivity index (χ1v) is 4.84. The van der Waals surface area contributed by atoms with E-state index < -0.39 is 0 Å². The average molecular weight is 268 g/mol. The molecule has 1 aliphatic heterocycles. The Morgan fingerprint density at radius 1 is 1.36 bits per heavy atom. The summed E-state index contributed by atoms with van der Waals surface area (Å²) >= 11 is 2.16. The molecular formula is C8H13IO2. The molecule has 1 atom stereocenters. The summed E-state index contributed by atoms with van der Waals surface area (Å²) in [5.41, 5.74) is -0.248. The lowest BCUT2D eigenvalue weighted by molar-refractivity contribution is -0.165. The molecule has 0 aromatic rings. The van der Waals surface area contributed by atoms with Crippen LogP contribution in [0.1, 0.15) is 33.6 Å². The van der Waals surface area contributed by atoms with Crippen LogP contribution in [0.5, 0.6) is 0 Å². The highest BCUT2D eigenvalue weighted by atomic mass is 127. The Bertz CT molecular complexity index is 185. The van der Waals surface area contributed by atoms with Crippen LogP contribution in [0.25, 0.3) is 0 Å². The van der Waals surface area contributed by atoms with Gasteiger partial charge in [0.15, 0.2) is 0 Å². The van der Waals surface area contributed by atoms with Crippen LogP contribution in [-0.4, -0.2) is 15.0 Å². The Balaban J connectivity index is 2.71. The molecule has 11 heavy (non-hydrogen) atoms. The van der Waals surface area contributed by atoms with Gasteiger partial charge in [0.2, 0.25) is 0 Å². The molecule has 0 aromatic carbocycles. The number of esters is 1. The second-order valence-corrected chi connectivity index (χ2v) is 6.23. The number of hydrogen-bond acceptors (Lipinski definition) is 2. The van der Waals surface area contributed by atoms with Gasteiger partial charge in [-0.25, -0.2) is 0 Å². The van der Waals surface area contributed by atoms with Crippen LogP contribution >= 0.6 is 22.6 Å². The van der Waals surface area contributed by atoms with Gasteiger partial charge in [0.1, 0.15) is 9.02 Å². The van der Waals surface area contributed by atoms with Crippen LogP contribution in [0.2, 0.25) is 0 Å². The maximum absolute atomic E-state index is 11.3. The van der Waals surface area contributed by atoms with E-state index in [-0.39, 0.29) is 15.0 Å². The number of cyclic esters (lactones) is 1. The first-order valence-electron chi connectivity index (χ1n) is 3.76. The van der Waals surface area contributed by atoms with Crippen molar-refractivity contribution in [1.82, 2.24) is 0 Å². The fourth-order valence-corrected chi connectivity index (χ4v) is 1.43. The molecule has 1 aliphatic rings. The van der Waals surface area contributed by atoms with Gasteiger partial charge in [0.25, 0.3) is 0 Å². The fraction of sp³-hybridized carbons (Fsp3) is 0.875. The van der Waals surface area contributed by atoms with Gasteiger partial charge in [-0.2, -0.15) is 0 Å². The molecule has 64 valence electrons. The van der Waals surface area contributed by atoms with Gasteiger partial charge < -0.3 is 4.74 Å². The lowest BCUT2D eigenvalue weighted by atomic mass is 9.92. The molecule has 0 spiro atoms. The van der Waals surface area contributed by atoms with Gasteiger partial charge in [0, 0.05) is 0 Å². The molecule has 0 N–H and O–H groups in total. The Morgan fingerprint density at radius 2 is 1.91 bits per heavy atom. The van der Waals surface area contributed by atoms with Crippen molar-refractivity contribution in [3.8, 4) is 0 Å². The molecular weight excluding hydrogens is 255 g/mol. The van der Waals surface area contributed by atoms with Crippen molar-refractivity contribution in [2.24, 2.45) is 0 Å². The van der Waals surface area contributed by atoms with Crippen LogP contribution in [0.3, 0.4) is 0 Å². The summed E-state index contributed by atoms with van der Waals surface area (Å²) in [6.07, 6.45) is 1.87. The second kappa shape index (κ2) is 2.61. The molecule has 0 aliphatic carbocycles. The number of ether oxygens (including phenoxy) is 1. The van der Waals surface area contributed by atoms with E-state index in [4.69, 9.17) is 4.74 Å². The molecule has 2 nitrogen and oxygen atoms in total. The summed E-state index contributed by atoms with van der Waals surface area (Å²) in [5, 5.41) is 0. The molecule has 1 saturated heterocycles. The summed E-state index contributed by atoms with van der Waals surface area (Å²) < 4.78 is 4.94. The topological polar surface area (TPSA) is 26.3 Å². The molecule has 0 aromatic heterocycles. The molecule has 3 heteroatoms. The minimum absolute atomic E-state index is 0.0747. The molecule has 1 fully saturated rings. The van der Waals surface area contributed by atoms with Crippen LogP contribution in [0.15, 0.2) is 0 Å². The standard InChI is InChI=1S/C8H13IO2/c1-7(2)4-5-8(3,9)6(10)11-7/h4-5H2,1-3H3. The first kappa shape index (κ1) is 9.29. The van der Waals surface area contributed by atoms with E-state index in [1.807, 2.05) is 20.8 Å². The van der Waals surface area contributed by atoms with E-state index in [9.17, 15) is 4.79 Å². The van der Waals surface area contributed by atoms with E-state index in [2.05, 4.69) is 22.6 Å². The third-order valence-electron chi connectivity index (χ3n) is 1.99. The van der Waals surface area contributed by atoms with Crippen LogP contribution in [0, 0.1) is 0 Å². The molecule has 1 rings (SSSR count). The van der Waals surface area contributed by atoms with Gasteiger partial charge >= 0.3 is 5.97 Å². The van der Waals surface area contributed by atoms with Gasteiger partial charge in [-0.3, -0.25) is 4.79 Å². The quantitative estimate of drug-likeness (QED) is 0.383. The third-order valence-corrected chi connectivity index (χ3v) is 2.97. The summed E-state index contributed by atoms with van der Waals surface area (Å²) in [5.74, 6) is -0.0747. The summed E-state index contributed by atoms with van der Waals surface area (Å²) in [4.78, 5) is 11.3. The molecule has 0 bridgehead atoms. The minimum atomic E-state index is -0.298. The van der Waals surface area contributed by atoms with E-state index >= 15 is 0 Å². The zero-order chi connectivity index (χ0) is 8.70. The highest BCUT2D eigenvalue weighted by Crippen LogP contribution is 2.36. The highest BCUT2D eigenvalue weighted by Gasteiger charge is 2.41. The minimum Gasteiger partial charge on any atom is -0.459 e. The molecule has 0 amide bonds. The smallest absolute Gasteiger partial charge is 0.322 e. The predicted octanol–water partition coefficient (Wildman–Crippen LogP) is 2.30. The zero-order valence-electron chi connectivity index (χ0n) is 7.11. The SMILES string of the molecule is CC1(C)CCC(C)(I)C(=O)O1. The average Bonchev–Trinajstić information content (AvgIpc) is 1.81. The maximum Gasteiger partial charge on any atom is 0.322 e. The highest BCUT2D eigenvalue weighted by molar-refractivity contribution is 14.1. The lowest BCUT2D eigenvalue weighted by Gasteiger charge is -2.36. The predicted molar refractivity (Wildman–Crippen MR) is 51.8 cm³/mol. The summed E-state index contributed by atoms with van der Waals surface area (Å²) in [6.45, 7) is 5.83. The van der Waals surface area contributed by atoms with Crippen LogP contribution in [-0.2, 0) is 9.53 Å². The largest absolute Gasteiger partial charge is 0.459 e. The number of halogens is 1. The monoisotopic (exact) mass is 268 g/mol. The van der Waals surface area contributed by atoms with Crippen LogP contribution in [0.4, 0.5) is 0 Å². The van der Waals surface area contributed by atoms with Crippen molar-refractivity contribution in [3.05, 3.63) is 0 Å². The van der Waals surface area contributed by atoms with Crippen molar-refractivity contribution >= 4 is 28.6 Å². The Labute approximate surface area is 80.8 Å². The Hall–Kier alpha value is 0.200. The van der Waals surface area contributed by atoms with Gasteiger partial charge in [0.05, 0.1) is 0 Å². The maximum atomic E-state index is 11.3. The number of carbonyl (C=O) groups excluding carboxylic acids is 1. The van der Waals surface area contributed by atoms with Crippen molar-refractivity contribution in [1.29, 1.82) is 0 Å². The fourth-order valence-electron chi connectivity index (χ4n) is 1.05. The Kier molecular flexibility index (Phi) is 2.20. The molecule has 0 radical (unpaired) electrons. The van der Waals surface area contributed by atoms with E-state index in [0.717, 1.165) is 12.8 Å². The second-order valence-electron chi connectivity index (χ2n) is 3.85. The first-order chi connectivity index (χ1) is 4.83. The van der Waals surface area contributed by atoms with Gasteiger partial charge in [-0.15, -0.1) is 0 Å². The van der Waals surface area contributed by atoms with E-state index in [0.29, 0.717) is 0 Å². The molecule has 1 unspecified atom stereocenters. The molecule has 1 heterocycles. The number of rotatable bonds is 0. The van der Waals surface area contributed by atoms with Crippen molar-refractivity contribution in [2.45, 2.75) is 42.6 Å². The number of carbonyl (C=O) groups is 1. The third kappa shape index (κ3) is 2.07. The zero-order valence-corrected chi connectivity index (χ0v) is 9.27. The van der Waals surface area contributed by atoms with Gasteiger partial charge in [-0.05, 0) is 33.6 Å². The van der Waals surface area contributed by atoms with Gasteiger partial charge in [-0.1, -0.05) is 22.6 Å².